The Bertz CT molecular complexity index is 575. The molecule has 2 rings (SSSR count). The van der Waals surface area contributed by atoms with Gasteiger partial charge in [0.05, 0.1) is 5.69 Å². The smallest absolute Gasteiger partial charge is 0.354 e. The van der Waals surface area contributed by atoms with E-state index >= 15 is 0 Å². The molecule has 5 nitrogen and oxygen atoms in total. The maximum Gasteiger partial charge on any atom is 0.354 e. The summed E-state index contributed by atoms with van der Waals surface area (Å²) < 4.78 is 1.72. The van der Waals surface area contributed by atoms with E-state index < -0.39 is 5.97 Å². The van der Waals surface area contributed by atoms with Crippen LogP contribution in [0.4, 0.5) is 0 Å². The van der Waals surface area contributed by atoms with E-state index in [1.165, 1.54) is 6.07 Å². The lowest BCUT2D eigenvalue weighted by atomic mass is 10.1. The summed E-state index contributed by atoms with van der Waals surface area (Å²) in [4.78, 5) is 21.5. The van der Waals surface area contributed by atoms with Crippen LogP contribution in [-0.2, 0) is 4.79 Å². The highest BCUT2D eigenvalue weighted by atomic mass is 79.9. The van der Waals surface area contributed by atoms with Gasteiger partial charge in [-0.15, -0.1) is 0 Å². The van der Waals surface area contributed by atoms with Crippen LogP contribution in [-0.4, -0.2) is 27.3 Å². The van der Waals surface area contributed by atoms with Crippen molar-refractivity contribution in [3.63, 3.8) is 0 Å². The number of hydrogen-bond acceptors (Lipinski definition) is 3. The number of carbonyl (C=O) groups is 2. The van der Waals surface area contributed by atoms with Gasteiger partial charge in [-0.05, 0) is 18.2 Å². The van der Waals surface area contributed by atoms with Gasteiger partial charge in [0.25, 0.3) is 0 Å². The molecule has 0 aliphatic carbocycles. The highest BCUT2D eigenvalue weighted by molar-refractivity contribution is 9.10. The minimum Gasteiger partial charge on any atom is -0.477 e. The number of nitrogens with zero attached hydrogens (tertiary/aromatic N) is 2. The van der Waals surface area contributed by atoms with E-state index in [4.69, 9.17) is 5.11 Å². The minimum absolute atomic E-state index is 0.155. The van der Waals surface area contributed by atoms with Crippen LogP contribution in [0.15, 0.2) is 34.8 Å². The molecule has 0 atom stereocenters. The third kappa shape index (κ3) is 2.26. The van der Waals surface area contributed by atoms with Crippen LogP contribution in [0.25, 0.3) is 11.3 Å². The third-order valence-electron chi connectivity index (χ3n) is 2.19. The molecule has 0 saturated carbocycles. The number of aromatic nitrogens is 2. The summed E-state index contributed by atoms with van der Waals surface area (Å²) in [5.74, 6) is -1.19. The summed E-state index contributed by atoms with van der Waals surface area (Å²) in [5.41, 5.74) is 1.04. The van der Waals surface area contributed by atoms with Gasteiger partial charge in [-0.1, -0.05) is 28.1 Å². The zero-order valence-electron chi connectivity index (χ0n) is 8.50. The van der Waals surface area contributed by atoms with Crippen molar-refractivity contribution in [2.45, 2.75) is 0 Å². The number of carboxylic acid groups (broad SMARTS) is 1. The monoisotopic (exact) mass is 294 g/mol. The Morgan fingerprint density at radius 3 is 2.47 bits per heavy atom. The molecule has 2 aromatic rings. The standard InChI is InChI=1S/C11H7BrN2O3/c12-8-3-1-7(2-4-8)9-5-10(11(16)17)14(6-15)13-9/h1-6H,(H,16,17). The average molecular weight is 295 g/mol. The molecule has 0 fully saturated rings. The molecule has 0 amide bonds. The molecule has 6 heteroatoms. The number of carboxylic acids is 1. The number of benzene rings is 1. The molecular formula is C11H7BrN2O3. The van der Waals surface area contributed by atoms with E-state index in [0.717, 1.165) is 14.7 Å². The van der Waals surface area contributed by atoms with Gasteiger partial charge in [-0.25, -0.2) is 4.79 Å². The summed E-state index contributed by atoms with van der Waals surface area (Å²) in [5, 5.41) is 12.8. The molecule has 0 bridgehead atoms. The predicted molar refractivity (Wildman–Crippen MR) is 64.5 cm³/mol. The minimum atomic E-state index is -1.19. The number of carbonyl (C=O) groups excluding carboxylic acids is 1. The highest BCUT2D eigenvalue weighted by Crippen LogP contribution is 2.21. The Morgan fingerprint density at radius 1 is 1.35 bits per heavy atom. The lowest BCUT2D eigenvalue weighted by molar-refractivity contribution is 0.0687. The number of halogens is 1. The molecule has 1 heterocycles. The lowest BCUT2D eigenvalue weighted by Gasteiger charge is -1.95. The first-order valence-corrected chi connectivity index (χ1v) is 5.45. The second kappa shape index (κ2) is 4.50. The zero-order chi connectivity index (χ0) is 12.4. The molecule has 1 aromatic heterocycles. The van der Waals surface area contributed by atoms with Crippen LogP contribution < -0.4 is 0 Å². The summed E-state index contributed by atoms with van der Waals surface area (Å²) >= 11 is 3.30. The summed E-state index contributed by atoms with van der Waals surface area (Å²) in [6, 6.07) is 8.56. The molecule has 1 aromatic carbocycles. The van der Waals surface area contributed by atoms with Crippen molar-refractivity contribution >= 4 is 28.3 Å². The normalized spacial score (nSPS) is 10.2. The van der Waals surface area contributed by atoms with E-state index in [0.29, 0.717) is 12.1 Å². The SMILES string of the molecule is O=Cn1nc(-c2ccc(Br)cc2)cc1C(=O)O. The summed E-state index contributed by atoms with van der Waals surface area (Å²) in [7, 11) is 0. The van der Waals surface area contributed by atoms with Gasteiger partial charge in [0.1, 0.15) is 0 Å². The van der Waals surface area contributed by atoms with Crippen molar-refractivity contribution in [1.29, 1.82) is 0 Å². The van der Waals surface area contributed by atoms with Gasteiger partial charge >= 0.3 is 5.97 Å². The first kappa shape index (κ1) is 11.5. The van der Waals surface area contributed by atoms with Crippen molar-refractivity contribution in [3.05, 3.63) is 40.5 Å². The van der Waals surface area contributed by atoms with Crippen LogP contribution in [0, 0.1) is 0 Å². The quantitative estimate of drug-likeness (QED) is 0.880. The Kier molecular flexibility index (Phi) is 3.06. The van der Waals surface area contributed by atoms with Gasteiger partial charge in [-0.3, -0.25) is 4.79 Å². The number of hydrogen-bond donors (Lipinski definition) is 1. The zero-order valence-corrected chi connectivity index (χ0v) is 10.1. The van der Waals surface area contributed by atoms with Crippen molar-refractivity contribution in [3.8, 4) is 11.3 Å². The predicted octanol–water partition coefficient (Wildman–Crippen LogP) is 2.05. The topological polar surface area (TPSA) is 72.2 Å². The molecule has 17 heavy (non-hydrogen) atoms. The molecule has 0 spiro atoms. The fourth-order valence-electron chi connectivity index (χ4n) is 1.40. The van der Waals surface area contributed by atoms with Gasteiger partial charge in [0, 0.05) is 10.0 Å². The van der Waals surface area contributed by atoms with Gasteiger partial charge in [0.2, 0.25) is 6.41 Å². The largest absolute Gasteiger partial charge is 0.477 e. The van der Waals surface area contributed by atoms with Gasteiger partial charge < -0.3 is 5.11 Å². The van der Waals surface area contributed by atoms with Crippen LogP contribution >= 0.6 is 15.9 Å². The maximum absolute atomic E-state index is 10.9. The molecule has 86 valence electrons. The third-order valence-corrected chi connectivity index (χ3v) is 2.72. The summed E-state index contributed by atoms with van der Waals surface area (Å²) in [6.45, 7) is 0. The van der Waals surface area contributed by atoms with Crippen LogP contribution in [0.2, 0.25) is 0 Å². The Labute approximate surface area is 105 Å². The van der Waals surface area contributed by atoms with Crippen molar-refractivity contribution in [2.24, 2.45) is 0 Å². The molecule has 0 aliphatic heterocycles. The molecule has 0 unspecified atom stereocenters. The fourth-order valence-corrected chi connectivity index (χ4v) is 1.66. The Morgan fingerprint density at radius 2 is 2.00 bits per heavy atom. The molecule has 0 saturated heterocycles. The second-order valence-corrected chi connectivity index (χ2v) is 4.19. The van der Waals surface area contributed by atoms with E-state index in [9.17, 15) is 9.59 Å². The van der Waals surface area contributed by atoms with E-state index in [1.54, 1.807) is 12.1 Å². The highest BCUT2D eigenvalue weighted by Gasteiger charge is 2.14. The number of rotatable bonds is 3. The van der Waals surface area contributed by atoms with E-state index in [1.807, 2.05) is 12.1 Å². The van der Waals surface area contributed by atoms with E-state index in [2.05, 4.69) is 21.0 Å². The first-order chi connectivity index (χ1) is 8.11. The van der Waals surface area contributed by atoms with Crippen LogP contribution in [0.1, 0.15) is 10.5 Å². The molecule has 1 N–H and O–H groups in total. The van der Waals surface area contributed by atoms with Crippen molar-refractivity contribution in [1.82, 2.24) is 9.78 Å². The Balaban J connectivity index is 2.50. The molecule has 0 radical (unpaired) electrons. The molecule has 0 aliphatic rings. The maximum atomic E-state index is 10.9. The van der Waals surface area contributed by atoms with Crippen LogP contribution in [0.5, 0.6) is 0 Å². The second-order valence-electron chi connectivity index (χ2n) is 3.28. The summed E-state index contributed by atoms with van der Waals surface area (Å²) in [6.07, 6.45) is 0.367. The van der Waals surface area contributed by atoms with Crippen molar-refractivity contribution in [2.75, 3.05) is 0 Å². The number of aromatic carboxylic acids is 1. The van der Waals surface area contributed by atoms with Gasteiger partial charge in [-0.2, -0.15) is 9.78 Å². The first-order valence-electron chi connectivity index (χ1n) is 4.66. The van der Waals surface area contributed by atoms with E-state index in [-0.39, 0.29) is 5.69 Å². The fraction of sp³-hybridized carbons (Fsp3) is 0. The van der Waals surface area contributed by atoms with Crippen molar-refractivity contribution < 1.29 is 14.7 Å². The molecular weight excluding hydrogens is 288 g/mol. The van der Waals surface area contributed by atoms with Crippen LogP contribution in [0.3, 0.4) is 0 Å². The van der Waals surface area contributed by atoms with Gasteiger partial charge in [0.15, 0.2) is 5.69 Å². The Hall–Kier alpha value is -1.95. The average Bonchev–Trinajstić information content (AvgIpc) is 2.74. The lowest BCUT2D eigenvalue weighted by Crippen LogP contribution is -2.08.